The lowest BCUT2D eigenvalue weighted by Crippen LogP contribution is -2.37. The predicted octanol–water partition coefficient (Wildman–Crippen LogP) is 1.17. The molecule has 0 amide bonds. The summed E-state index contributed by atoms with van der Waals surface area (Å²) >= 11 is 0. The molecule has 1 unspecified atom stereocenters. The highest BCUT2D eigenvalue weighted by Gasteiger charge is 2.16. The molecule has 0 bridgehead atoms. The van der Waals surface area contributed by atoms with Crippen LogP contribution in [0.5, 0.6) is 0 Å². The molecule has 0 aliphatic heterocycles. The van der Waals surface area contributed by atoms with Crippen molar-refractivity contribution in [3.8, 4) is 0 Å². The molecule has 2 aromatic rings. The maximum Gasteiger partial charge on any atom is 0.258 e. The summed E-state index contributed by atoms with van der Waals surface area (Å²) in [6.07, 6.45) is 0.668. The predicted molar refractivity (Wildman–Crippen MR) is 75.0 cm³/mol. The number of H-pyrrole nitrogens is 1. The molecule has 0 aliphatic rings. The van der Waals surface area contributed by atoms with E-state index in [9.17, 15) is 9.90 Å². The molecule has 0 aliphatic carbocycles. The van der Waals surface area contributed by atoms with Crippen molar-refractivity contribution in [1.29, 1.82) is 0 Å². The van der Waals surface area contributed by atoms with E-state index in [1.54, 1.807) is 13.0 Å². The van der Waals surface area contributed by atoms with Crippen molar-refractivity contribution in [2.45, 2.75) is 32.4 Å². The summed E-state index contributed by atoms with van der Waals surface area (Å²) in [5, 5.41) is 13.6. The minimum atomic E-state index is -0.739. The molecule has 0 saturated carbocycles. The third-order valence-corrected chi connectivity index (χ3v) is 3.22. The molecule has 0 fully saturated rings. The number of aliphatic hydroxyl groups is 1. The van der Waals surface area contributed by atoms with Crippen LogP contribution < -0.4 is 10.9 Å². The molecule has 1 atom stereocenters. The van der Waals surface area contributed by atoms with Crippen LogP contribution in [-0.2, 0) is 6.54 Å². The molecule has 5 nitrogen and oxygen atoms in total. The minimum absolute atomic E-state index is 0.135. The minimum Gasteiger partial charge on any atom is -0.389 e. The van der Waals surface area contributed by atoms with E-state index in [1.165, 1.54) is 0 Å². The summed E-state index contributed by atoms with van der Waals surface area (Å²) in [4.78, 5) is 19.0. The van der Waals surface area contributed by atoms with Crippen LogP contribution in [0.2, 0.25) is 0 Å². The maximum absolute atomic E-state index is 11.8. The topological polar surface area (TPSA) is 78.0 Å². The molecule has 0 spiro atoms. The number of hydrogen-bond acceptors (Lipinski definition) is 4. The van der Waals surface area contributed by atoms with Crippen molar-refractivity contribution in [2.75, 3.05) is 6.54 Å². The molecule has 1 aromatic heterocycles. The van der Waals surface area contributed by atoms with Crippen molar-refractivity contribution >= 4 is 10.9 Å². The first-order valence-corrected chi connectivity index (χ1v) is 6.43. The zero-order valence-corrected chi connectivity index (χ0v) is 11.2. The van der Waals surface area contributed by atoms with Gasteiger partial charge in [0.15, 0.2) is 0 Å². The number of rotatable bonds is 5. The second-order valence-electron chi connectivity index (χ2n) is 4.98. The number of aromatic nitrogens is 2. The number of para-hydroxylation sites is 1. The Bertz CT molecular complexity index is 619. The van der Waals surface area contributed by atoms with Gasteiger partial charge in [-0.15, -0.1) is 0 Å². The molecule has 1 heterocycles. The van der Waals surface area contributed by atoms with Gasteiger partial charge in [0.05, 0.1) is 23.0 Å². The van der Waals surface area contributed by atoms with Gasteiger partial charge in [0.2, 0.25) is 0 Å². The van der Waals surface area contributed by atoms with Gasteiger partial charge in [0.25, 0.3) is 5.56 Å². The van der Waals surface area contributed by atoms with Crippen LogP contribution in [0.3, 0.4) is 0 Å². The molecule has 2 rings (SSSR count). The first-order valence-electron chi connectivity index (χ1n) is 6.43. The Morgan fingerprint density at radius 2 is 2.16 bits per heavy atom. The SMILES string of the molecule is CCC(C)(O)CNCc1nc2ccccc2c(=O)[nH]1. The lowest BCUT2D eigenvalue weighted by molar-refractivity contribution is 0.0554. The van der Waals surface area contributed by atoms with Crippen molar-refractivity contribution in [1.82, 2.24) is 15.3 Å². The number of hydrogen-bond donors (Lipinski definition) is 3. The number of nitrogens with zero attached hydrogens (tertiary/aromatic N) is 1. The second-order valence-corrected chi connectivity index (χ2v) is 4.98. The maximum atomic E-state index is 11.8. The molecule has 5 heteroatoms. The monoisotopic (exact) mass is 261 g/mol. The fourth-order valence-electron chi connectivity index (χ4n) is 1.79. The van der Waals surface area contributed by atoms with Crippen LogP contribution in [0.4, 0.5) is 0 Å². The Morgan fingerprint density at radius 1 is 1.42 bits per heavy atom. The third-order valence-electron chi connectivity index (χ3n) is 3.22. The van der Waals surface area contributed by atoms with Crippen LogP contribution in [0.25, 0.3) is 10.9 Å². The number of aromatic amines is 1. The average Bonchev–Trinajstić information content (AvgIpc) is 2.39. The zero-order valence-electron chi connectivity index (χ0n) is 11.2. The molecule has 19 heavy (non-hydrogen) atoms. The van der Waals surface area contributed by atoms with Crippen LogP contribution in [0.15, 0.2) is 29.1 Å². The van der Waals surface area contributed by atoms with Crippen LogP contribution in [0.1, 0.15) is 26.1 Å². The van der Waals surface area contributed by atoms with Crippen LogP contribution >= 0.6 is 0 Å². The lowest BCUT2D eigenvalue weighted by Gasteiger charge is -2.21. The number of nitrogens with one attached hydrogen (secondary N) is 2. The lowest BCUT2D eigenvalue weighted by atomic mass is 10.0. The third kappa shape index (κ3) is 3.39. The van der Waals surface area contributed by atoms with Crippen LogP contribution in [-0.4, -0.2) is 27.2 Å². The molecular weight excluding hydrogens is 242 g/mol. The fourth-order valence-corrected chi connectivity index (χ4v) is 1.79. The highest BCUT2D eigenvalue weighted by atomic mass is 16.3. The molecular formula is C14H19N3O2. The van der Waals surface area contributed by atoms with Gasteiger partial charge in [-0.1, -0.05) is 19.1 Å². The standard InChI is InChI=1S/C14H19N3O2/c1-3-14(2,19)9-15-8-12-16-11-7-5-4-6-10(11)13(18)17-12/h4-7,15,19H,3,8-9H2,1-2H3,(H,16,17,18). The summed E-state index contributed by atoms with van der Waals surface area (Å²) in [7, 11) is 0. The van der Waals surface area contributed by atoms with Gasteiger partial charge in [-0.2, -0.15) is 0 Å². The van der Waals surface area contributed by atoms with E-state index in [1.807, 2.05) is 25.1 Å². The van der Waals surface area contributed by atoms with Crippen LogP contribution in [0, 0.1) is 0 Å². The van der Waals surface area contributed by atoms with Gasteiger partial charge in [-0.3, -0.25) is 4.79 Å². The summed E-state index contributed by atoms with van der Waals surface area (Å²) in [6, 6.07) is 7.24. The zero-order chi connectivity index (χ0) is 13.9. The summed E-state index contributed by atoms with van der Waals surface area (Å²) in [5.74, 6) is 0.579. The van der Waals surface area contributed by atoms with Gasteiger partial charge in [-0.25, -0.2) is 4.98 Å². The normalized spacial score (nSPS) is 14.5. The molecule has 0 radical (unpaired) electrons. The first-order chi connectivity index (χ1) is 9.02. The van der Waals surface area contributed by atoms with Gasteiger partial charge in [0, 0.05) is 6.54 Å². The van der Waals surface area contributed by atoms with Gasteiger partial charge in [0.1, 0.15) is 5.82 Å². The largest absolute Gasteiger partial charge is 0.389 e. The fraction of sp³-hybridized carbons (Fsp3) is 0.429. The Hall–Kier alpha value is -1.72. The van der Waals surface area contributed by atoms with E-state index < -0.39 is 5.60 Å². The summed E-state index contributed by atoms with van der Waals surface area (Å²) < 4.78 is 0. The number of fused-ring (bicyclic) bond motifs is 1. The molecule has 1 aromatic carbocycles. The molecule has 3 N–H and O–H groups in total. The van der Waals surface area contributed by atoms with E-state index >= 15 is 0 Å². The summed E-state index contributed by atoms with van der Waals surface area (Å²) in [5.41, 5.74) is -0.188. The van der Waals surface area contributed by atoms with Crippen molar-refractivity contribution < 1.29 is 5.11 Å². The number of benzene rings is 1. The van der Waals surface area contributed by atoms with Gasteiger partial charge >= 0.3 is 0 Å². The van der Waals surface area contributed by atoms with Crippen molar-refractivity contribution in [3.05, 3.63) is 40.4 Å². The van der Waals surface area contributed by atoms with E-state index in [-0.39, 0.29) is 5.56 Å². The highest BCUT2D eigenvalue weighted by Crippen LogP contribution is 2.07. The summed E-state index contributed by atoms with van der Waals surface area (Å²) in [6.45, 7) is 4.59. The second kappa shape index (κ2) is 5.50. The van der Waals surface area contributed by atoms with E-state index in [0.29, 0.717) is 36.2 Å². The van der Waals surface area contributed by atoms with Gasteiger partial charge < -0.3 is 15.4 Å². The van der Waals surface area contributed by atoms with E-state index in [2.05, 4.69) is 15.3 Å². The van der Waals surface area contributed by atoms with Crippen molar-refractivity contribution in [2.24, 2.45) is 0 Å². The first kappa shape index (κ1) is 13.7. The Morgan fingerprint density at radius 3 is 2.89 bits per heavy atom. The quantitative estimate of drug-likeness (QED) is 0.755. The highest BCUT2D eigenvalue weighted by molar-refractivity contribution is 5.77. The van der Waals surface area contributed by atoms with Crippen molar-refractivity contribution in [3.63, 3.8) is 0 Å². The molecule has 102 valence electrons. The Kier molecular flexibility index (Phi) is 3.97. The smallest absolute Gasteiger partial charge is 0.258 e. The Labute approximate surface area is 111 Å². The Balaban J connectivity index is 2.12. The average molecular weight is 261 g/mol. The molecule has 0 saturated heterocycles. The van der Waals surface area contributed by atoms with Gasteiger partial charge in [-0.05, 0) is 25.5 Å². The van der Waals surface area contributed by atoms with E-state index in [4.69, 9.17) is 0 Å². The van der Waals surface area contributed by atoms with E-state index in [0.717, 1.165) is 0 Å².